The van der Waals surface area contributed by atoms with Crippen molar-refractivity contribution in [1.82, 2.24) is 10.4 Å². The zero-order valence-corrected chi connectivity index (χ0v) is 13.4. The van der Waals surface area contributed by atoms with Gasteiger partial charge in [0.2, 0.25) is 0 Å². The van der Waals surface area contributed by atoms with Crippen LogP contribution in [-0.4, -0.2) is 24.1 Å². The highest BCUT2D eigenvalue weighted by molar-refractivity contribution is 4.80. The van der Waals surface area contributed by atoms with Gasteiger partial charge in [0, 0.05) is 19.1 Å². The zero-order chi connectivity index (χ0) is 13.8. The normalized spacial score (nSPS) is 21.8. The molecule has 1 heterocycles. The predicted molar refractivity (Wildman–Crippen MR) is 85.2 cm³/mol. The van der Waals surface area contributed by atoms with Crippen LogP contribution in [0.2, 0.25) is 0 Å². The molecule has 0 aliphatic carbocycles. The van der Waals surface area contributed by atoms with Gasteiger partial charge in [-0.15, -0.1) is 0 Å². The highest BCUT2D eigenvalue weighted by Gasteiger charge is 2.27. The van der Waals surface area contributed by atoms with Gasteiger partial charge in [0.15, 0.2) is 0 Å². The average molecular weight is 268 g/mol. The van der Waals surface area contributed by atoms with Crippen LogP contribution in [0.15, 0.2) is 0 Å². The number of unbranched alkanes of at least 4 members (excludes halogenated alkanes) is 11. The minimum atomic E-state index is 0.789. The van der Waals surface area contributed by atoms with Crippen LogP contribution < -0.4 is 5.43 Å². The lowest BCUT2D eigenvalue weighted by molar-refractivity contribution is 0.368. The molecule has 2 heteroatoms. The molecule has 2 unspecified atom stereocenters. The third kappa shape index (κ3) is 10.4. The van der Waals surface area contributed by atoms with Gasteiger partial charge in [0.25, 0.3) is 0 Å². The van der Waals surface area contributed by atoms with E-state index in [1.807, 2.05) is 0 Å². The topological polar surface area (TPSA) is 15.0 Å². The average Bonchev–Trinajstić information content (AvgIpc) is 3.11. The lowest BCUT2D eigenvalue weighted by atomic mass is 10.1. The molecular formula is C17H36N2. The summed E-state index contributed by atoms with van der Waals surface area (Å²) in [7, 11) is 0. The molecule has 19 heavy (non-hydrogen) atoms. The Kier molecular flexibility index (Phi) is 10.5. The monoisotopic (exact) mass is 268 g/mol. The number of hydrazine groups is 1. The summed E-state index contributed by atoms with van der Waals surface area (Å²) in [5.41, 5.74) is 3.48. The van der Waals surface area contributed by atoms with Gasteiger partial charge in [-0.3, -0.25) is 5.43 Å². The van der Waals surface area contributed by atoms with Crippen LogP contribution in [0.5, 0.6) is 0 Å². The smallest absolute Gasteiger partial charge is 0.0357 e. The summed E-state index contributed by atoms with van der Waals surface area (Å²) >= 11 is 0. The zero-order valence-electron chi connectivity index (χ0n) is 13.4. The molecule has 0 amide bonds. The second-order valence-electron chi connectivity index (χ2n) is 6.30. The van der Waals surface area contributed by atoms with Gasteiger partial charge in [-0.25, -0.2) is 5.01 Å². The van der Waals surface area contributed by atoms with Crippen molar-refractivity contribution in [2.75, 3.05) is 13.1 Å². The van der Waals surface area contributed by atoms with Crippen molar-refractivity contribution >= 4 is 0 Å². The quantitative estimate of drug-likeness (QED) is 0.356. The minimum Gasteiger partial charge on any atom is -0.255 e. The third-order valence-electron chi connectivity index (χ3n) is 4.20. The molecule has 0 aromatic carbocycles. The molecule has 1 aliphatic rings. The maximum atomic E-state index is 3.48. The van der Waals surface area contributed by atoms with Gasteiger partial charge >= 0.3 is 0 Å². The fourth-order valence-corrected chi connectivity index (χ4v) is 2.65. The fraction of sp³-hybridized carbons (Fsp3) is 1.00. The van der Waals surface area contributed by atoms with Crippen molar-refractivity contribution in [3.05, 3.63) is 0 Å². The highest BCUT2D eigenvalue weighted by Crippen LogP contribution is 2.13. The number of nitrogens with one attached hydrogen (secondary N) is 1. The third-order valence-corrected chi connectivity index (χ3v) is 4.20. The Morgan fingerprint density at radius 2 is 1.21 bits per heavy atom. The van der Waals surface area contributed by atoms with Gasteiger partial charge in [-0.2, -0.15) is 0 Å². The van der Waals surface area contributed by atoms with Crippen molar-refractivity contribution in [2.24, 2.45) is 0 Å². The summed E-state index contributed by atoms with van der Waals surface area (Å²) in [5.74, 6) is 0. The first-order valence-electron chi connectivity index (χ1n) is 8.84. The Morgan fingerprint density at radius 1 is 0.789 bits per heavy atom. The van der Waals surface area contributed by atoms with E-state index in [1.165, 1.54) is 90.1 Å². The van der Waals surface area contributed by atoms with E-state index in [-0.39, 0.29) is 0 Å². The molecule has 1 saturated heterocycles. The summed E-state index contributed by atoms with van der Waals surface area (Å²) in [6.45, 7) is 6.99. The first-order valence-corrected chi connectivity index (χ1v) is 8.84. The van der Waals surface area contributed by atoms with Crippen LogP contribution in [-0.2, 0) is 0 Å². The maximum absolute atomic E-state index is 3.48. The minimum absolute atomic E-state index is 0.789. The summed E-state index contributed by atoms with van der Waals surface area (Å²) in [5, 5.41) is 2.33. The van der Waals surface area contributed by atoms with Crippen LogP contribution in [0.4, 0.5) is 0 Å². The second-order valence-corrected chi connectivity index (χ2v) is 6.30. The summed E-state index contributed by atoms with van der Waals surface area (Å²) in [4.78, 5) is 0. The second kappa shape index (κ2) is 11.7. The molecule has 0 aromatic heterocycles. The van der Waals surface area contributed by atoms with Gasteiger partial charge in [-0.1, -0.05) is 77.6 Å². The molecule has 0 spiro atoms. The Morgan fingerprint density at radius 3 is 1.63 bits per heavy atom. The summed E-state index contributed by atoms with van der Waals surface area (Å²) < 4.78 is 0. The Bertz CT molecular complexity index is 194. The van der Waals surface area contributed by atoms with E-state index in [4.69, 9.17) is 0 Å². The van der Waals surface area contributed by atoms with Crippen molar-refractivity contribution in [2.45, 2.75) is 96.9 Å². The number of nitrogens with zero attached hydrogens (tertiary/aromatic N) is 1. The van der Waals surface area contributed by atoms with Gasteiger partial charge in [0.1, 0.15) is 0 Å². The van der Waals surface area contributed by atoms with Crippen molar-refractivity contribution in [1.29, 1.82) is 0 Å². The van der Waals surface area contributed by atoms with Crippen molar-refractivity contribution < 1.29 is 0 Å². The standard InChI is InChI=1S/C17H36N2/c1-3-4-5-6-7-8-9-10-11-12-13-14-15-18-19-16-17(19)2/h17-18H,3-16H2,1-2H3. The Hall–Kier alpha value is -0.0800. The highest BCUT2D eigenvalue weighted by atomic mass is 15.6. The summed E-state index contributed by atoms with van der Waals surface area (Å²) in [6.07, 6.45) is 17.2. The van der Waals surface area contributed by atoms with Crippen molar-refractivity contribution in [3.63, 3.8) is 0 Å². The van der Waals surface area contributed by atoms with Crippen molar-refractivity contribution in [3.8, 4) is 0 Å². The lowest BCUT2D eigenvalue weighted by Crippen LogP contribution is -2.23. The molecule has 0 radical (unpaired) electrons. The van der Waals surface area contributed by atoms with E-state index in [0.29, 0.717) is 0 Å². The first kappa shape index (κ1) is 17.0. The number of rotatable bonds is 14. The molecule has 1 N–H and O–H groups in total. The molecule has 2 nitrogen and oxygen atoms in total. The van der Waals surface area contributed by atoms with Crippen LogP contribution in [0, 0.1) is 0 Å². The van der Waals surface area contributed by atoms with E-state index < -0.39 is 0 Å². The molecule has 114 valence electrons. The number of hydrogen-bond donors (Lipinski definition) is 1. The van der Waals surface area contributed by atoms with Crippen LogP contribution in [0.1, 0.15) is 90.9 Å². The van der Waals surface area contributed by atoms with E-state index in [2.05, 4.69) is 24.3 Å². The lowest BCUT2D eigenvalue weighted by Gasteiger charge is -2.05. The van der Waals surface area contributed by atoms with E-state index in [0.717, 1.165) is 6.04 Å². The van der Waals surface area contributed by atoms with Crippen LogP contribution >= 0.6 is 0 Å². The van der Waals surface area contributed by atoms with Gasteiger partial charge < -0.3 is 0 Å². The largest absolute Gasteiger partial charge is 0.255 e. The molecule has 0 aromatic rings. The fourth-order valence-electron chi connectivity index (χ4n) is 2.65. The van der Waals surface area contributed by atoms with Gasteiger partial charge in [-0.05, 0) is 13.3 Å². The molecule has 0 bridgehead atoms. The molecule has 1 rings (SSSR count). The Labute approximate surface area is 121 Å². The molecule has 1 fully saturated rings. The predicted octanol–water partition coefficient (Wildman–Crippen LogP) is 4.90. The molecule has 0 saturated carbocycles. The maximum Gasteiger partial charge on any atom is 0.0357 e. The van der Waals surface area contributed by atoms with Crippen LogP contribution in [0.25, 0.3) is 0 Å². The van der Waals surface area contributed by atoms with Gasteiger partial charge in [0.05, 0.1) is 0 Å². The first-order chi connectivity index (χ1) is 9.34. The van der Waals surface area contributed by atoms with E-state index in [9.17, 15) is 0 Å². The molecule has 2 atom stereocenters. The molecule has 1 aliphatic heterocycles. The van der Waals surface area contributed by atoms with E-state index >= 15 is 0 Å². The van der Waals surface area contributed by atoms with E-state index in [1.54, 1.807) is 0 Å². The molecular weight excluding hydrogens is 232 g/mol. The van der Waals surface area contributed by atoms with Crippen LogP contribution in [0.3, 0.4) is 0 Å². The Balaban J connectivity index is 1.63. The number of hydrogen-bond acceptors (Lipinski definition) is 2. The summed E-state index contributed by atoms with van der Waals surface area (Å²) in [6, 6.07) is 0.789. The SMILES string of the molecule is CCCCCCCCCCCCCCNN1CC1C.